The molecule has 0 atom stereocenters. The van der Waals surface area contributed by atoms with Crippen molar-refractivity contribution in [3.8, 4) is 11.3 Å². The number of aromatic nitrogens is 2. The van der Waals surface area contributed by atoms with Crippen molar-refractivity contribution < 1.29 is 4.79 Å². The zero-order valence-corrected chi connectivity index (χ0v) is 12.7. The minimum absolute atomic E-state index is 0.630. The molecule has 110 valence electrons. The van der Waals surface area contributed by atoms with Crippen molar-refractivity contribution in [1.82, 2.24) is 9.38 Å². The molecule has 0 radical (unpaired) electrons. The van der Waals surface area contributed by atoms with Crippen LogP contribution in [0.4, 0.5) is 0 Å². The van der Waals surface area contributed by atoms with Gasteiger partial charge in [0.15, 0.2) is 6.29 Å². The Kier molecular flexibility index (Phi) is 3.07. The number of benzene rings is 1. The second-order valence-electron chi connectivity index (χ2n) is 6.09. The summed E-state index contributed by atoms with van der Waals surface area (Å²) in [6.07, 6.45) is 7.65. The molecule has 22 heavy (non-hydrogen) atoms. The van der Waals surface area contributed by atoms with Crippen LogP contribution in [0.15, 0.2) is 36.5 Å². The first-order valence-corrected chi connectivity index (χ1v) is 7.82. The molecule has 1 aromatic carbocycles. The van der Waals surface area contributed by atoms with Crippen LogP contribution in [0.2, 0.25) is 0 Å². The fourth-order valence-electron chi connectivity index (χ4n) is 3.37. The Labute approximate surface area is 129 Å². The summed E-state index contributed by atoms with van der Waals surface area (Å²) in [5.41, 5.74) is 7.29. The van der Waals surface area contributed by atoms with Gasteiger partial charge in [-0.25, -0.2) is 4.98 Å². The summed E-state index contributed by atoms with van der Waals surface area (Å²) < 4.78 is 1.87. The number of carbonyl (C=O) groups is 1. The predicted molar refractivity (Wildman–Crippen MR) is 87.4 cm³/mol. The molecule has 0 fully saturated rings. The molecular weight excluding hydrogens is 272 g/mol. The van der Waals surface area contributed by atoms with Crippen LogP contribution in [-0.2, 0) is 12.8 Å². The normalized spacial score (nSPS) is 14.0. The van der Waals surface area contributed by atoms with Crippen molar-refractivity contribution >= 4 is 11.9 Å². The molecule has 0 aliphatic heterocycles. The zero-order valence-electron chi connectivity index (χ0n) is 12.7. The number of hydrogen-bond donors (Lipinski definition) is 0. The molecule has 1 aliphatic rings. The van der Waals surface area contributed by atoms with Crippen LogP contribution < -0.4 is 0 Å². The first-order valence-electron chi connectivity index (χ1n) is 7.82. The van der Waals surface area contributed by atoms with E-state index in [1.165, 1.54) is 30.4 Å². The van der Waals surface area contributed by atoms with Gasteiger partial charge in [-0.3, -0.25) is 9.20 Å². The van der Waals surface area contributed by atoms with E-state index in [1.807, 2.05) is 29.7 Å². The molecule has 3 aromatic rings. The van der Waals surface area contributed by atoms with Gasteiger partial charge in [-0.05, 0) is 67.5 Å². The summed E-state index contributed by atoms with van der Waals surface area (Å²) in [7, 11) is 0. The third-order valence-electron chi connectivity index (χ3n) is 4.55. The first kappa shape index (κ1) is 13.3. The lowest BCUT2D eigenvalue weighted by atomic mass is 9.90. The lowest BCUT2D eigenvalue weighted by molar-refractivity contribution is 0.111. The van der Waals surface area contributed by atoms with Gasteiger partial charge in [0.25, 0.3) is 0 Å². The average Bonchev–Trinajstić information content (AvgIpc) is 2.91. The standard InChI is InChI=1S/C19H18N2O/c1-13-8-9-21-17(12-22)19(20-18(21)10-13)16-7-6-14-4-2-3-5-15(14)11-16/h6-12H,2-5H2,1H3. The number of nitrogens with zero attached hydrogens (tertiary/aromatic N) is 2. The van der Waals surface area contributed by atoms with E-state index < -0.39 is 0 Å². The molecule has 2 aromatic heterocycles. The van der Waals surface area contributed by atoms with Crippen molar-refractivity contribution in [2.24, 2.45) is 0 Å². The van der Waals surface area contributed by atoms with Gasteiger partial charge in [-0.1, -0.05) is 12.1 Å². The number of fused-ring (bicyclic) bond motifs is 2. The van der Waals surface area contributed by atoms with Crippen molar-refractivity contribution in [1.29, 1.82) is 0 Å². The number of carbonyl (C=O) groups excluding carboxylic acids is 1. The van der Waals surface area contributed by atoms with Crippen LogP contribution in [0.3, 0.4) is 0 Å². The summed E-state index contributed by atoms with van der Waals surface area (Å²) in [5, 5.41) is 0. The van der Waals surface area contributed by atoms with E-state index in [9.17, 15) is 4.79 Å². The topological polar surface area (TPSA) is 34.4 Å². The third kappa shape index (κ3) is 2.05. The van der Waals surface area contributed by atoms with Crippen LogP contribution in [-0.4, -0.2) is 15.7 Å². The molecule has 0 saturated heterocycles. The first-order chi connectivity index (χ1) is 10.8. The Hall–Kier alpha value is -2.42. The zero-order chi connectivity index (χ0) is 15.1. The van der Waals surface area contributed by atoms with Crippen LogP contribution in [0.1, 0.15) is 40.0 Å². The van der Waals surface area contributed by atoms with E-state index in [0.29, 0.717) is 5.69 Å². The van der Waals surface area contributed by atoms with Crippen LogP contribution in [0.5, 0.6) is 0 Å². The quantitative estimate of drug-likeness (QED) is 0.668. The van der Waals surface area contributed by atoms with Crippen molar-refractivity contribution in [3.63, 3.8) is 0 Å². The molecule has 0 bridgehead atoms. The molecule has 0 amide bonds. The summed E-state index contributed by atoms with van der Waals surface area (Å²) >= 11 is 0. The number of rotatable bonds is 2. The predicted octanol–water partition coefficient (Wildman–Crippen LogP) is 4.00. The van der Waals surface area contributed by atoms with E-state index in [1.54, 1.807) is 0 Å². The van der Waals surface area contributed by atoms with E-state index in [2.05, 4.69) is 18.2 Å². The Morgan fingerprint density at radius 1 is 1.09 bits per heavy atom. The molecule has 0 unspecified atom stereocenters. The maximum Gasteiger partial charge on any atom is 0.169 e. The van der Waals surface area contributed by atoms with E-state index in [-0.39, 0.29) is 0 Å². The molecule has 3 nitrogen and oxygen atoms in total. The Balaban J connectivity index is 1.91. The molecule has 4 rings (SSSR count). The lowest BCUT2D eigenvalue weighted by Crippen LogP contribution is -2.02. The van der Waals surface area contributed by atoms with Gasteiger partial charge in [-0.15, -0.1) is 0 Å². The molecular formula is C19H18N2O. The minimum atomic E-state index is 0.630. The van der Waals surface area contributed by atoms with Crippen LogP contribution in [0, 0.1) is 6.92 Å². The Morgan fingerprint density at radius 3 is 2.73 bits per heavy atom. The molecule has 0 saturated carbocycles. The lowest BCUT2D eigenvalue weighted by Gasteiger charge is -2.16. The second kappa shape index (κ2) is 5.09. The number of hydrogen-bond acceptors (Lipinski definition) is 2. The summed E-state index contributed by atoms with van der Waals surface area (Å²) in [4.78, 5) is 16.3. The SMILES string of the molecule is Cc1ccn2c(C=O)c(-c3ccc4c(c3)CCCC4)nc2c1. The second-order valence-corrected chi connectivity index (χ2v) is 6.09. The van der Waals surface area contributed by atoms with Crippen molar-refractivity contribution in [2.75, 3.05) is 0 Å². The number of pyridine rings is 1. The molecule has 1 aliphatic carbocycles. The smallest absolute Gasteiger partial charge is 0.169 e. The summed E-state index contributed by atoms with van der Waals surface area (Å²) in [6, 6.07) is 10.5. The highest BCUT2D eigenvalue weighted by Gasteiger charge is 2.16. The number of imidazole rings is 1. The van der Waals surface area contributed by atoms with Gasteiger partial charge < -0.3 is 0 Å². The van der Waals surface area contributed by atoms with Gasteiger partial charge in [-0.2, -0.15) is 0 Å². The van der Waals surface area contributed by atoms with Gasteiger partial charge >= 0.3 is 0 Å². The summed E-state index contributed by atoms with van der Waals surface area (Å²) in [5.74, 6) is 0. The fourth-order valence-corrected chi connectivity index (χ4v) is 3.37. The fraction of sp³-hybridized carbons (Fsp3) is 0.263. The van der Waals surface area contributed by atoms with Gasteiger partial charge in [0.05, 0.1) is 0 Å². The molecule has 3 heteroatoms. The number of aryl methyl sites for hydroxylation is 3. The monoisotopic (exact) mass is 290 g/mol. The van der Waals surface area contributed by atoms with Crippen LogP contribution >= 0.6 is 0 Å². The van der Waals surface area contributed by atoms with Gasteiger partial charge in [0.2, 0.25) is 0 Å². The maximum absolute atomic E-state index is 11.6. The van der Waals surface area contributed by atoms with Gasteiger partial charge in [0, 0.05) is 11.8 Å². The van der Waals surface area contributed by atoms with Crippen molar-refractivity contribution in [2.45, 2.75) is 32.6 Å². The van der Waals surface area contributed by atoms with Crippen LogP contribution in [0.25, 0.3) is 16.9 Å². The van der Waals surface area contributed by atoms with Gasteiger partial charge in [0.1, 0.15) is 17.0 Å². The highest BCUT2D eigenvalue weighted by atomic mass is 16.1. The van der Waals surface area contributed by atoms with E-state index in [0.717, 1.165) is 35.2 Å². The molecule has 2 heterocycles. The van der Waals surface area contributed by atoms with Crippen molar-refractivity contribution in [3.05, 3.63) is 58.9 Å². The minimum Gasteiger partial charge on any atom is -0.297 e. The van der Waals surface area contributed by atoms with E-state index in [4.69, 9.17) is 4.98 Å². The largest absolute Gasteiger partial charge is 0.297 e. The number of aldehydes is 1. The Morgan fingerprint density at radius 2 is 1.91 bits per heavy atom. The highest BCUT2D eigenvalue weighted by molar-refractivity contribution is 5.86. The molecule has 0 N–H and O–H groups in total. The molecule has 0 spiro atoms. The summed E-state index contributed by atoms with van der Waals surface area (Å²) in [6.45, 7) is 2.04. The average molecular weight is 290 g/mol. The highest BCUT2D eigenvalue weighted by Crippen LogP contribution is 2.29. The van der Waals surface area contributed by atoms with E-state index >= 15 is 0 Å². The Bertz CT molecular complexity index is 877. The maximum atomic E-state index is 11.6. The third-order valence-corrected chi connectivity index (χ3v) is 4.55.